The normalized spacial score (nSPS) is 19.2. The first-order chi connectivity index (χ1) is 9.88. The first-order valence-corrected chi connectivity index (χ1v) is 7.01. The summed E-state index contributed by atoms with van der Waals surface area (Å²) in [4.78, 5) is 22.9. The molecule has 7 heteroatoms. The summed E-state index contributed by atoms with van der Waals surface area (Å²) in [6.45, 7) is 4.19. The number of carbonyl (C=O) groups is 2. The number of hydrogen-bond acceptors (Lipinski definition) is 5. The van der Waals surface area contributed by atoms with Crippen molar-refractivity contribution in [3.05, 3.63) is 17.5 Å². The quantitative estimate of drug-likeness (QED) is 0.857. The van der Waals surface area contributed by atoms with Crippen LogP contribution in [-0.4, -0.2) is 34.9 Å². The van der Waals surface area contributed by atoms with E-state index in [9.17, 15) is 9.59 Å². The highest BCUT2D eigenvalue weighted by Gasteiger charge is 2.29. The fraction of sp³-hybridized carbons (Fsp3) is 0.643. The topological polar surface area (TPSA) is 102 Å². The Morgan fingerprint density at radius 3 is 2.81 bits per heavy atom. The van der Waals surface area contributed by atoms with Crippen molar-refractivity contribution < 1.29 is 24.0 Å². The van der Waals surface area contributed by atoms with Gasteiger partial charge in [-0.15, -0.1) is 0 Å². The molecule has 1 aromatic rings. The van der Waals surface area contributed by atoms with Gasteiger partial charge in [0.15, 0.2) is 0 Å². The minimum atomic E-state index is -1.19. The van der Waals surface area contributed by atoms with E-state index in [1.165, 1.54) is 6.07 Å². The summed E-state index contributed by atoms with van der Waals surface area (Å²) < 4.78 is 10.3. The molecule has 0 aromatic carbocycles. The van der Waals surface area contributed by atoms with E-state index in [-0.39, 0.29) is 17.8 Å². The SMILES string of the molecule is CC(C)(NC(=O)C[C@@H]1CCCCO1)c1cc(C(=O)O)on1. The van der Waals surface area contributed by atoms with Crippen molar-refractivity contribution in [2.45, 2.75) is 51.2 Å². The molecule has 1 saturated heterocycles. The molecule has 7 nitrogen and oxygen atoms in total. The van der Waals surface area contributed by atoms with Crippen LogP contribution < -0.4 is 5.32 Å². The van der Waals surface area contributed by atoms with Gasteiger partial charge in [0, 0.05) is 12.7 Å². The van der Waals surface area contributed by atoms with E-state index in [2.05, 4.69) is 10.5 Å². The molecule has 2 heterocycles. The maximum atomic E-state index is 12.1. The van der Waals surface area contributed by atoms with Crippen LogP contribution in [0.3, 0.4) is 0 Å². The Labute approximate surface area is 122 Å². The van der Waals surface area contributed by atoms with Crippen molar-refractivity contribution in [2.75, 3.05) is 6.61 Å². The molecule has 1 fully saturated rings. The van der Waals surface area contributed by atoms with E-state index in [0.717, 1.165) is 19.3 Å². The van der Waals surface area contributed by atoms with Gasteiger partial charge in [-0.05, 0) is 33.1 Å². The number of aromatic nitrogens is 1. The summed E-state index contributed by atoms with van der Waals surface area (Å²) in [6.07, 6.45) is 3.27. The number of aromatic carboxylic acids is 1. The molecular formula is C14H20N2O5. The molecule has 1 aliphatic rings. The van der Waals surface area contributed by atoms with E-state index in [0.29, 0.717) is 18.7 Å². The average Bonchev–Trinajstić information content (AvgIpc) is 2.89. The standard InChI is InChI=1S/C14H20N2O5/c1-14(2,11-8-10(13(18)19)21-16-11)15-12(17)7-9-5-3-4-6-20-9/h8-9H,3-7H2,1-2H3,(H,15,17)(H,18,19)/t9-/m0/s1. The van der Waals surface area contributed by atoms with E-state index in [1.807, 2.05) is 0 Å². The van der Waals surface area contributed by atoms with E-state index < -0.39 is 11.5 Å². The van der Waals surface area contributed by atoms with Crippen LogP contribution >= 0.6 is 0 Å². The Hall–Kier alpha value is -1.89. The van der Waals surface area contributed by atoms with Crippen LogP contribution in [0.1, 0.15) is 55.8 Å². The maximum Gasteiger partial charge on any atom is 0.374 e. The minimum Gasteiger partial charge on any atom is -0.475 e. The molecule has 0 spiro atoms. The maximum absolute atomic E-state index is 12.1. The molecular weight excluding hydrogens is 276 g/mol. The number of nitrogens with one attached hydrogen (secondary N) is 1. The van der Waals surface area contributed by atoms with Gasteiger partial charge in [0.2, 0.25) is 11.7 Å². The highest BCUT2D eigenvalue weighted by molar-refractivity contribution is 5.84. The molecule has 0 saturated carbocycles. The highest BCUT2D eigenvalue weighted by Crippen LogP contribution is 2.21. The Morgan fingerprint density at radius 1 is 1.48 bits per heavy atom. The number of hydrogen-bond donors (Lipinski definition) is 2. The lowest BCUT2D eigenvalue weighted by Crippen LogP contribution is -2.43. The van der Waals surface area contributed by atoms with E-state index in [1.54, 1.807) is 13.8 Å². The Bertz CT molecular complexity index is 517. The first-order valence-electron chi connectivity index (χ1n) is 7.01. The fourth-order valence-corrected chi connectivity index (χ4v) is 2.31. The van der Waals surface area contributed by atoms with Crippen molar-refractivity contribution in [1.82, 2.24) is 10.5 Å². The zero-order valence-electron chi connectivity index (χ0n) is 12.2. The molecule has 0 aliphatic carbocycles. The lowest BCUT2D eigenvalue weighted by Gasteiger charge is -2.26. The predicted octanol–water partition coefficient (Wildman–Crippen LogP) is 1.68. The Balaban J connectivity index is 1.95. The smallest absolute Gasteiger partial charge is 0.374 e. The summed E-state index contributed by atoms with van der Waals surface area (Å²) in [6, 6.07) is 1.32. The molecule has 1 aliphatic heterocycles. The molecule has 0 radical (unpaired) electrons. The number of carboxylic acid groups (broad SMARTS) is 1. The molecule has 0 unspecified atom stereocenters. The molecule has 0 bridgehead atoms. The van der Waals surface area contributed by atoms with E-state index >= 15 is 0 Å². The van der Waals surface area contributed by atoms with Gasteiger partial charge >= 0.3 is 5.97 Å². The van der Waals surface area contributed by atoms with Crippen LogP contribution in [0.2, 0.25) is 0 Å². The van der Waals surface area contributed by atoms with Gasteiger partial charge in [0.25, 0.3) is 0 Å². The van der Waals surface area contributed by atoms with Crippen molar-refractivity contribution in [1.29, 1.82) is 0 Å². The van der Waals surface area contributed by atoms with E-state index in [4.69, 9.17) is 14.4 Å². The molecule has 2 rings (SSSR count). The third-order valence-electron chi connectivity index (χ3n) is 3.50. The number of carboxylic acids is 1. The largest absolute Gasteiger partial charge is 0.475 e. The average molecular weight is 296 g/mol. The number of nitrogens with zero attached hydrogens (tertiary/aromatic N) is 1. The molecule has 1 aromatic heterocycles. The van der Waals surface area contributed by atoms with Gasteiger partial charge in [-0.25, -0.2) is 4.79 Å². The third kappa shape index (κ3) is 4.04. The zero-order chi connectivity index (χ0) is 15.5. The molecule has 21 heavy (non-hydrogen) atoms. The Morgan fingerprint density at radius 2 is 2.24 bits per heavy atom. The zero-order valence-corrected chi connectivity index (χ0v) is 12.2. The lowest BCUT2D eigenvalue weighted by molar-refractivity contribution is -0.126. The van der Waals surface area contributed by atoms with Gasteiger partial charge in [-0.3, -0.25) is 4.79 Å². The summed E-state index contributed by atoms with van der Waals surface area (Å²) in [7, 11) is 0. The number of rotatable bonds is 5. The Kier molecular flexibility index (Phi) is 4.62. The highest BCUT2D eigenvalue weighted by atomic mass is 16.5. The number of ether oxygens (including phenoxy) is 1. The molecule has 1 atom stereocenters. The fourth-order valence-electron chi connectivity index (χ4n) is 2.31. The molecule has 116 valence electrons. The third-order valence-corrected chi connectivity index (χ3v) is 3.50. The van der Waals surface area contributed by atoms with Crippen LogP contribution in [0.5, 0.6) is 0 Å². The van der Waals surface area contributed by atoms with Crippen molar-refractivity contribution >= 4 is 11.9 Å². The first kappa shape index (κ1) is 15.5. The van der Waals surface area contributed by atoms with Gasteiger partial charge in [-0.1, -0.05) is 5.16 Å². The lowest BCUT2D eigenvalue weighted by atomic mass is 9.99. The predicted molar refractivity (Wildman–Crippen MR) is 72.8 cm³/mol. The number of amides is 1. The summed E-state index contributed by atoms with van der Waals surface area (Å²) in [5.41, 5.74) is -0.430. The van der Waals surface area contributed by atoms with Crippen molar-refractivity contribution in [3.8, 4) is 0 Å². The summed E-state index contributed by atoms with van der Waals surface area (Å²) in [5.74, 6) is -1.58. The second-order valence-electron chi connectivity index (χ2n) is 5.75. The van der Waals surface area contributed by atoms with Gasteiger partial charge < -0.3 is 19.7 Å². The van der Waals surface area contributed by atoms with Crippen LogP contribution in [0.25, 0.3) is 0 Å². The van der Waals surface area contributed by atoms with Crippen molar-refractivity contribution in [2.24, 2.45) is 0 Å². The van der Waals surface area contributed by atoms with Gasteiger partial charge in [0.1, 0.15) is 5.69 Å². The van der Waals surface area contributed by atoms with Crippen LogP contribution in [-0.2, 0) is 15.1 Å². The van der Waals surface area contributed by atoms with Crippen LogP contribution in [0, 0.1) is 0 Å². The minimum absolute atomic E-state index is 0.0403. The second-order valence-corrected chi connectivity index (χ2v) is 5.75. The molecule has 2 N–H and O–H groups in total. The van der Waals surface area contributed by atoms with Gasteiger partial charge in [-0.2, -0.15) is 0 Å². The summed E-state index contributed by atoms with van der Waals surface area (Å²) >= 11 is 0. The summed E-state index contributed by atoms with van der Waals surface area (Å²) in [5, 5.41) is 15.4. The second kappa shape index (κ2) is 6.26. The van der Waals surface area contributed by atoms with Crippen molar-refractivity contribution in [3.63, 3.8) is 0 Å². The monoisotopic (exact) mass is 296 g/mol. The van der Waals surface area contributed by atoms with Gasteiger partial charge in [0.05, 0.1) is 18.1 Å². The van der Waals surface area contributed by atoms with Crippen LogP contribution in [0.15, 0.2) is 10.6 Å². The van der Waals surface area contributed by atoms with Crippen LogP contribution in [0.4, 0.5) is 0 Å². The molecule has 1 amide bonds. The number of carbonyl (C=O) groups excluding carboxylic acids is 1.